The van der Waals surface area contributed by atoms with Crippen molar-refractivity contribution in [3.63, 3.8) is 0 Å². The summed E-state index contributed by atoms with van der Waals surface area (Å²) in [5, 5.41) is 24.9. The van der Waals surface area contributed by atoms with Gasteiger partial charge in [0.25, 0.3) is 0 Å². The zero-order chi connectivity index (χ0) is 14.5. The van der Waals surface area contributed by atoms with E-state index in [9.17, 15) is 15.0 Å². The largest absolute Gasteiger partial charge is 0.507 e. The maximum Gasteiger partial charge on any atom is 0.249 e. The highest BCUT2D eigenvalue weighted by molar-refractivity contribution is 6.09. The summed E-state index contributed by atoms with van der Waals surface area (Å²) >= 11 is 0. The summed E-state index contributed by atoms with van der Waals surface area (Å²) in [6, 6.07) is 6.61. The Morgan fingerprint density at radius 2 is 2.05 bits per heavy atom. The Balaban J connectivity index is 2.34. The quantitative estimate of drug-likeness (QED) is 0.719. The number of hydrogen-bond donors (Lipinski definition) is 3. The van der Waals surface area contributed by atoms with Gasteiger partial charge in [-0.2, -0.15) is 5.10 Å². The molecule has 6 heteroatoms. The number of aromatic nitrogens is 2. The summed E-state index contributed by atoms with van der Waals surface area (Å²) in [7, 11) is 0. The number of carbonyl (C=O) groups excluding carboxylic acids is 1. The van der Waals surface area contributed by atoms with E-state index in [-0.39, 0.29) is 16.9 Å². The second kappa shape index (κ2) is 3.94. The molecule has 0 spiro atoms. The Kier molecular flexibility index (Phi) is 2.45. The SMILES string of the molecule is CC1=C(O)c2ccccc2[C@](O)(n2cc(N)cn2)C1=O. The molecule has 1 aromatic heterocycles. The van der Waals surface area contributed by atoms with Gasteiger partial charge in [0.05, 0.1) is 18.1 Å². The first-order valence-electron chi connectivity index (χ1n) is 6.03. The predicted molar refractivity (Wildman–Crippen MR) is 72.6 cm³/mol. The van der Waals surface area contributed by atoms with Crippen LogP contribution in [0.5, 0.6) is 0 Å². The van der Waals surface area contributed by atoms with Crippen LogP contribution in [0.3, 0.4) is 0 Å². The van der Waals surface area contributed by atoms with E-state index in [1.807, 2.05) is 0 Å². The summed E-state index contributed by atoms with van der Waals surface area (Å²) in [5.41, 5.74) is 4.70. The molecule has 1 heterocycles. The van der Waals surface area contributed by atoms with E-state index >= 15 is 0 Å². The van der Waals surface area contributed by atoms with Gasteiger partial charge in [-0.25, -0.2) is 4.68 Å². The molecule has 0 fully saturated rings. The molecule has 0 saturated carbocycles. The van der Waals surface area contributed by atoms with Gasteiger partial charge in [0.2, 0.25) is 11.5 Å². The normalized spacial score (nSPS) is 22.0. The summed E-state index contributed by atoms with van der Waals surface area (Å²) < 4.78 is 1.11. The van der Waals surface area contributed by atoms with Crippen molar-refractivity contribution in [3.8, 4) is 0 Å². The molecule has 1 atom stereocenters. The Labute approximate surface area is 114 Å². The van der Waals surface area contributed by atoms with Gasteiger partial charge < -0.3 is 15.9 Å². The third kappa shape index (κ3) is 1.42. The van der Waals surface area contributed by atoms with Gasteiger partial charge in [0.1, 0.15) is 5.76 Å². The van der Waals surface area contributed by atoms with Gasteiger partial charge in [0.15, 0.2) is 0 Å². The smallest absolute Gasteiger partial charge is 0.249 e. The lowest BCUT2D eigenvalue weighted by atomic mass is 9.83. The molecule has 4 N–H and O–H groups in total. The van der Waals surface area contributed by atoms with Crippen molar-refractivity contribution in [1.29, 1.82) is 0 Å². The standard InChI is InChI=1S/C14H13N3O3/c1-8-12(18)10-4-2-3-5-11(10)14(20,13(8)19)17-7-9(15)6-16-17/h2-7,18,20H,15H2,1H3/t14-/m1/s1. The van der Waals surface area contributed by atoms with Crippen molar-refractivity contribution in [2.75, 3.05) is 5.73 Å². The minimum absolute atomic E-state index is 0.0836. The number of aliphatic hydroxyl groups is 2. The van der Waals surface area contributed by atoms with Gasteiger partial charge in [-0.15, -0.1) is 0 Å². The number of benzene rings is 1. The zero-order valence-corrected chi connectivity index (χ0v) is 10.7. The monoisotopic (exact) mass is 271 g/mol. The third-order valence-corrected chi connectivity index (χ3v) is 3.50. The lowest BCUT2D eigenvalue weighted by Gasteiger charge is -2.33. The van der Waals surface area contributed by atoms with Crippen LogP contribution >= 0.6 is 0 Å². The van der Waals surface area contributed by atoms with E-state index in [0.29, 0.717) is 11.3 Å². The third-order valence-electron chi connectivity index (χ3n) is 3.50. The van der Waals surface area contributed by atoms with E-state index in [0.717, 1.165) is 4.68 Å². The van der Waals surface area contributed by atoms with Crippen molar-refractivity contribution < 1.29 is 15.0 Å². The van der Waals surface area contributed by atoms with Gasteiger partial charge in [-0.05, 0) is 6.92 Å². The first-order valence-corrected chi connectivity index (χ1v) is 6.03. The zero-order valence-electron chi connectivity index (χ0n) is 10.7. The van der Waals surface area contributed by atoms with Gasteiger partial charge >= 0.3 is 0 Å². The number of Topliss-reactive ketones (excluding diaryl/α,β-unsaturated/α-hetero) is 1. The van der Waals surface area contributed by atoms with Crippen molar-refractivity contribution in [1.82, 2.24) is 9.78 Å². The van der Waals surface area contributed by atoms with E-state index < -0.39 is 11.5 Å². The highest BCUT2D eigenvalue weighted by atomic mass is 16.3. The van der Waals surface area contributed by atoms with Crippen molar-refractivity contribution in [2.45, 2.75) is 12.6 Å². The highest BCUT2D eigenvalue weighted by Gasteiger charge is 2.47. The number of fused-ring (bicyclic) bond motifs is 1. The summed E-state index contributed by atoms with van der Waals surface area (Å²) in [6.07, 6.45) is 2.73. The number of carbonyl (C=O) groups is 1. The Morgan fingerprint density at radius 3 is 2.70 bits per heavy atom. The average Bonchev–Trinajstić information content (AvgIpc) is 2.90. The number of nitrogen functional groups attached to an aromatic ring is 1. The Hall–Kier alpha value is -2.60. The number of nitrogens with two attached hydrogens (primary N) is 1. The van der Waals surface area contributed by atoms with Gasteiger partial charge in [-0.1, -0.05) is 24.3 Å². The molecule has 0 saturated heterocycles. The van der Waals surface area contributed by atoms with Crippen LogP contribution in [-0.2, 0) is 10.5 Å². The lowest BCUT2D eigenvalue weighted by Crippen LogP contribution is -2.46. The Bertz CT molecular complexity index is 748. The van der Waals surface area contributed by atoms with Crippen LogP contribution in [0.15, 0.2) is 42.2 Å². The molecular formula is C14H13N3O3. The number of anilines is 1. The molecular weight excluding hydrogens is 258 g/mol. The van der Waals surface area contributed by atoms with Crippen LogP contribution in [-0.4, -0.2) is 25.8 Å². The minimum atomic E-state index is -2.00. The summed E-state index contributed by atoms with van der Waals surface area (Å²) in [5.74, 6) is -0.757. The molecule has 0 amide bonds. The fraction of sp³-hybridized carbons (Fsp3) is 0.143. The molecule has 1 aliphatic carbocycles. The first-order chi connectivity index (χ1) is 9.46. The second-order valence-electron chi connectivity index (χ2n) is 4.74. The molecule has 0 bridgehead atoms. The van der Waals surface area contributed by atoms with Crippen LogP contribution < -0.4 is 5.73 Å². The molecule has 0 radical (unpaired) electrons. The molecule has 1 aromatic carbocycles. The minimum Gasteiger partial charge on any atom is -0.507 e. The fourth-order valence-electron chi connectivity index (χ4n) is 2.43. The first kappa shape index (κ1) is 12.4. The number of ketones is 1. The molecule has 6 nitrogen and oxygen atoms in total. The van der Waals surface area contributed by atoms with Crippen LogP contribution in [0.1, 0.15) is 18.1 Å². The average molecular weight is 271 g/mol. The highest BCUT2D eigenvalue weighted by Crippen LogP contribution is 2.38. The molecule has 2 aromatic rings. The second-order valence-corrected chi connectivity index (χ2v) is 4.74. The van der Waals surface area contributed by atoms with E-state index in [1.165, 1.54) is 19.3 Å². The van der Waals surface area contributed by atoms with Gasteiger partial charge in [0, 0.05) is 16.7 Å². The van der Waals surface area contributed by atoms with E-state index in [2.05, 4.69) is 5.10 Å². The molecule has 0 aliphatic heterocycles. The maximum absolute atomic E-state index is 12.5. The lowest BCUT2D eigenvalue weighted by molar-refractivity contribution is -0.139. The maximum atomic E-state index is 12.5. The van der Waals surface area contributed by atoms with E-state index in [4.69, 9.17) is 5.73 Å². The topological polar surface area (TPSA) is 101 Å². The molecule has 0 unspecified atom stereocenters. The van der Waals surface area contributed by atoms with Crippen LogP contribution in [0.2, 0.25) is 0 Å². The molecule has 20 heavy (non-hydrogen) atoms. The molecule has 3 rings (SSSR count). The number of nitrogens with zero attached hydrogens (tertiary/aromatic N) is 2. The predicted octanol–water partition coefficient (Wildman–Crippen LogP) is 1.03. The number of rotatable bonds is 1. The van der Waals surface area contributed by atoms with Crippen molar-refractivity contribution in [2.24, 2.45) is 0 Å². The number of hydrogen-bond acceptors (Lipinski definition) is 5. The molecule has 1 aliphatic rings. The fourth-order valence-corrected chi connectivity index (χ4v) is 2.43. The molecule has 102 valence electrons. The van der Waals surface area contributed by atoms with Gasteiger partial charge in [-0.3, -0.25) is 4.79 Å². The number of aliphatic hydroxyl groups excluding tert-OH is 1. The van der Waals surface area contributed by atoms with E-state index in [1.54, 1.807) is 24.3 Å². The van der Waals surface area contributed by atoms with Crippen LogP contribution in [0.4, 0.5) is 5.69 Å². The van der Waals surface area contributed by atoms with Crippen LogP contribution in [0, 0.1) is 0 Å². The van der Waals surface area contributed by atoms with Crippen molar-refractivity contribution >= 4 is 17.2 Å². The van der Waals surface area contributed by atoms with Crippen LogP contribution in [0.25, 0.3) is 5.76 Å². The summed E-state index contributed by atoms with van der Waals surface area (Å²) in [4.78, 5) is 12.5. The Morgan fingerprint density at radius 1 is 1.35 bits per heavy atom. The summed E-state index contributed by atoms with van der Waals surface area (Å²) in [6.45, 7) is 1.46. The van der Waals surface area contributed by atoms with Crippen molar-refractivity contribution in [3.05, 3.63) is 53.4 Å².